The van der Waals surface area contributed by atoms with Gasteiger partial charge in [-0.25, -0.2) is 9.98 Å². The molecule has 0 unspecified atom stereocenters. The number of aromatic nitrogens is 2. The zero-order chi connectivity index (χ0) is 30.8. The fraction of sp³-hybridized carbons (Fsp3) is 0.514. The maximum absolute atomic E-state index is 13.8. The van der Waals surface area contributed by atoms with E-state index in [1.807, 2.05) is 49.5 Å². The molecule has 44 heavy (non-hydrogen) atoms. The van der Waals surface area contributed by atoms with Gasteiger partial charge in [0.15, 0.2) is 5.78 Å². The molecule has 0 spiro atoms. The lowest BCUT2D eigenvalue weighted by Crippen LogP contribution is -2.37. The van der Waals surface area contributed by atoms with E-state index in [9.17, 15) is 9.90 Å². The van der Waals surface area contributed by atoms with Crippen LogP contribution in [0.3, 0.4) is 0 Å². The Morgan fingerprint density at radius 3 is 2.55 bits per heavy atom. The quantitative estimate of drug-likeness (QED) is 0.289. The number of fused-ring (bicyclic) bond motifs is 2. The van der Waals surface area contributed by atoms with E-state index in [0.29, 0.717) is 30.4 Å². The number of benzene rings is 1. The van der Waals surface area contributed by atoms with Gasteiger partial charge in [-0.05, 0) is 98.6 Å². The molecule has 1 saturated heterocycles. The summed E-state index contributed by atoms with van der Waals surface area (Å²) in [6.45, 7) is 11.7. The normalized spacial score (nSPS) is 19.7. The number of aryl methyl sites for hydroxylation is 2. The summed E-state index contributed by atoms with van der Waals surface area (Å²) < 4.78 is 5.96. The van der Waals surface area contributed by atoms with Gasteiger partial charge in [0, 0.05) is 43.9 Å². The number of hydrogen-bond donors (Lipinski definition) is 1. The first-order chi connectivity index (χ1) is 21.1. The van der Waals surface area contributed by atoms with Crippen LogP contribution in [0.4, 0.5) is 5.69 Å². The molecule has 0 radical (unpaired) electrons. The third kappa shape index (κ3) is 7.27. The minimum absolute atomic E-state index is 0.00963. The smallest absolute Gasteiger partial charge is 0.219 e. The first-order valence-corrected chi connectivity index (χ1v) is 16.3. The highest BCUT2D eigenvalue weighted by molar-refractivity contribution is 6.41. The Bertz CT molecular complexity index is 1500. The van der Waals surface area contributed by atoms with Crippen LogP contribution in [0.25, 0.3) is 0 Å². The van der Waals surface area contributed by atoms with Gasteiger partial charge in [0.2, 0.25) is 5.88 Å². The molecule has 1 aromatic carbocycles. The topological polar surface area (TPSA) is 87.9 Å². The van der Waals surface area contributed by atoms with Crippen molar-refractivity contribution in [3.05, 3.63) is 76.7 Å². The van der Waals surface area contributed by atoms with E-state index in [2.05, 4.69) is 36.7 Å². The molecule has 0 saturated carbocycles. The standard InChI is InChI=1S/C37H46N4O3/c1-24-5-9-30(10-6-24)44-36-12-7-26(23-38-36)25(13-16-41-17-14-29(42)15-18-41)21-35(43)34-22-33-32(40-34)20-27-19-28(37(2,3)4)8-11-31(27)39-33/h5-7,9-10,12,20,23,25,28-29,42H,8,11,13-19,21-22H2,1-4H3/t25-,28-/m0/s1. The van der Waals surface area contributed by atoms with Gasteiger partial charge in [-0.3, -0.25) is 9.78 Å². The summed E-state index contributed by atoms with van der Waals surface area (Å²) in [6, 6.07) is 14.1. The van der Waals surface area contributed by atoms with Gasteiger partial charge in [0.25, 0.3) is 0 Å². The fourth-order valence-electron chi connectivity index (χ4n) is 6.80. The number of aliphatic hydroxyl groups is 1. The van der Waals surface area contributed by atoms with Crippen LogP contribution in [-0.4, -0.2) is 57.2 Å². The van der Waals surface area contributed by atoms with Crippen molar-refractivity contribution in [2.24, 2.45) is 16.3 Å². The molecule has 1 aliphatic carbocycles. The molecular weight excluding hydrogens is 548 g/mol. The first-order valence-electron chi connectivity index (χ1n) is 16.3. The summed E-state index contributed by atoms with van der Waals surface area (Å²) in [4.78, 5) is 30.7. The van der Waals surface area contributed by atoms with Crippen LogP contribution in [0.1, 0.15) is 86.9 Å². The van der Waals surface area contributed by atoms with Gasteiger partial charge in [0.1, 0.15) is 5.75 Å². The van der Waals surface area contributed by atoms with Gasteiger partial charge >= 0.3 is 0 Å². The van der Waals surface area contributed by atoms with E-state index in [1.165, 1.54) is 16.8 Å². The molecule has 7 nitrogen and oxygen atoms in total. The molecule has 3 aromatic rings. The number of Topliss-reactive ketones (excluding diaryl/α,β-unsaturated/α-hetero) is 1. The lowest BCUT2D eigenvalue weighted by Gasteiger charge is -2.34. The molecule has 6 rings (SSSR count). The molecule has 1 N–H and O–H groups in total. The summed E-state index contributed by atoms with van der Waals surface area (Å²) in [6.07, 6.45) is 8.19. The number of ketones is 1. The van der Waals surface area contributed by atoms with Gasteiger partial charge in [-0.2, -0.15) is 0 Å². The number of aliphatic hydroxyl groups excluding tert-OH is 1. The second kappa shape index (κ2) is 12.9. The molecule has 0 amide bonds. The summed E-state index contributed by atoms with van der Waals surface area (Å²) in [5.41, 5.74) is 7.42. The second-order valence-corrected chi connectivity index (χ2v) is 14.1. The number of carbonyl (C=O) groups excluding carboxylic acids is 1. The van der Waals surface area contributed by atoms with Gasteiger partial charge in [-0.1, -0.05) is 44.5 Å². The van der Waals surface area contributed by atoms with Crippen molar-refractivity contribution in [2.75, 3.05) is 19.6 Å². The van der Waals surface area contributed by atoms with Crippen molar-refractivity contribution >= 4 is 17.2 Å². The van der Waals surface area contributed by atoms with E-state index in [-0.39, 0.29) is 23.2 Å². The third-order valence-electron chi connectivity index (χ3n) is 9.84. The van der Waals surface area contributed by atoms with Crippen molar-refractivity contribution in [3.8, 4) is 11.6 Å². The van der Waals surface area contributed by atoms with Crippen LogP contribution in [0, 0.1) is 18.3 Å². The van der Waals surface area contributed by atoms with Crippen LogP contribution in [0.5, 0.6) is 11.6 Å². The number of ether oxygens (including phenoxy) is 1. The Labute approximate surface area is 261 Å². The molecule has 2 aliphatic heterocycles. The van der Waals surface area contributed by atoms with Crippen LogP contribution < -0.4 is 4.74 Å². The van der Waals surface area contributed by atoms with Gasteiger partial charge in [-0.15, -0.1) is 0 Å². The zero-order valence-electron chi connectivity index (χ0n) is 26.7. The summed E-state index contributed by atoms with van der Waals surface area (Å²) in [5, 5.41) is 9.95. The largest absolute Gasteiger partial charge is 0.439 e. The van der Waals surface area contributed by atoms with Crippen molar-refractivity contribution in [1.29, 1.82) is 0 Å². The van der Waals surface area contributed by atoms with Gasteiger partial charge in [0.05, 0.1) is 23.2 Å². The number of pyridine rings is 2. The van der Waals surface area contributed by atoms with Gasteiger partial charge < -0.3 is 14.7 Å². The summed E-state index contributed by atoms with van der Waals surface area (Å²) in [7, 11) is 0. The van der Waals surface area contributed by atoms with Crippen LogP contribution >= 0.6 is 0 Å². The number of aliphatic imine (C=N–C) groups is 1. The van der Waals surface area contributed by atoms with E-state index in [0.717, 1.165) is 80.9 Å². The zero-order valence-corrected chi connectivity index (χ0v) is 26.7. The highest BCUT2D eigenvalue weighted by Gasteiger charge is 2.32. The number of nitrogens with zero attached hydrogens (tertiary/aromatic N) is 4. The molecule has 3 aliphatic rings. The molecule has 4 heterocycles. The summed E-state index contributed by atoms with van der Waals surface area (Å²) >= 11 is 0. The highest BCUT2D eigenvalue weighted by atomic mass is 16.5. The predicted molar refractivity (Wildman–Crippen MR) is 174 cm³/mol. The maximum Gasteiger partial charge on any atom is 0.219 e. The Morgan fingerprint density at radius 1 is 1.07 bits per heavy atom. The van der Waals surface area contributed by atoms with Crippen molar-refractivity contribution < 1.29 is 14.6 Å². The molecule has 1 fully saturated rings. The highest BCUT2D eigenvalue weighted by Crippen LogP contribution is 2.39. The van der Waals surface area contributed by atoms with E-state index in [4.69, 9.17) is 14.7 Å². The number of hydrogen-bond acceptors (Lipinski definition) is 7. The van der Waals surface area contributed by atoms with Crippen molar-refractivity contribution in [3.63, 3.8) is 0 Å². The summed E-state index contributed by atoms with van der Waals surface area (Å²) in [5.74, 6) is 2.01. The predicted octanol–water partition coefficient (Wildman–Crippen LogP) is 6.95. The fourth-order valence-corrected chi connectivity index (χ4v) is 6.80. The Hall–Kier alpha value is -3.42. The molecule has 0 bridgehead atoms. The molecule has 2 aromatic heterocycles. The SMILES string of the molecule is Cc1ccc(Oc2ccc([C@@H](CCN3CCC(O)CC3)CC(=O)C3=Nc4cc5c(nc4C3)CC[C@H](C(C)(C)C)C5)cn2)cc1. The van der Waals surface area contributed by atoms with Crippen LogP contribution in [0.15, 0.2) is 53.7 Å². The maximum atomic E-state index is 13.8. The lowest BCUT2D eigenvalue weighted by molar-refractivity contribution is -0.113. The second-order valence-electron chi connectivity index (χ2n) is 14.1. The first kappa shape index (κ1) is 30.6. The minimum Gasteiger partial charge on any atom is -0.439 e. The molecule has 232 valence electrons. The van der Waals surface area contributed by atoms with Crippen molar-refractivity contribution in [1.82, 2.24) is 14.9 Å². The minimum atomic E-state index is -0.200. The number of carbonyl (C=O) groups is 1. The van der Waals surface area contributed by atoms with E-state index >= 15 is 0 Å². The Kier molecular flexibility index (Phi) is 8.97. The lowest BCUT2D eigenvalue weighted by atomic mass is 9.71. The molecular formula is C37H46N4O3. The van der Waals surface area contributed by atoms with Crippen LogP contribution in [0.2, 0.25) is 0 Å². The third-order valence-corrected chi connectivity index (χ3v) is 9.84. The molecule has 2 atom stereocenters. The average Bonchev–Trinajstić information content (AvgIpc) is 3.43. The Morgan fingerprint density at radius 2 is 1.84 bits per heavy atom. The Balaban J connectivity index is 1.16. The number of rotatable bonds is 9. The van der Waals surface area contributed by atoms with Crippen molar-refractivity contribution in [2.45, 2.75) is 91.1 Å². The monoisotopic (exact) mass is 594 g/mol. The van der Waals surface area contributed by atoms with E-state index < -0.39 is 0 Å². The average molecular weight is 595 g/mol. The number of piperidine rings is 1. The van der Waals surface area contributed by atoms with Crippen LogP contribution in [-0.2, 0) is 24.1 Å². The number of likely N-dealkylation sites (tertiary alicyclic amines) is 1. The molecule has 7 heteroatoms. The van der Waals surface area contributed by atoms with E-state index in [1.54, 1.807) is 0 Å².